The zero-order valence-corrected chi connectivity index (χ0v) is 17.4. The third-order valence-electron chi connectivity index (χ3n) is 4.27. The third kappa shape index (κ3) is 7.91. The number of rotatable bonds is 10. The predicted octanol–water partition coefficient (Wildman–Crippen LogP) is 4.26. The van der Waals surface area contributed by atoms with Gasteiger partial charge in [-0.25, -0.2) is 0 Å². The van der Waals surface area contributed by atoms with Crippen LogP contribution in [0.4, 0.5) is 5.69 Å². The Morgan fingerprint density at radius 3 is 2.41 bits per heavy atom. The van der Waals surface area contributed by atoms with E-state index in [0.29, 0.717) is 23.4 Å². The van der Waals surface area contributed by atoms with Gasteiger partial charge in [0.25, 0.3) is 5.91 Å². The van der Waals surface area contributed by atoms with Crippen LogP contribution in [0.1, 0.15) is 59.7 Å². The van der Waals surface area contributed by atoms with E-state index >= 15 is 0 Å². The highest BCUT2D eigenvalue weighted by molar-refractivity contribution is 7.80. The molecular weight excluding hydrogens is 386 g/mol. The van der Waals surface area contributed by atoms with Crippen molar-refractivity contribution >= 4 is 34.8 Å². The molecule has 0 aliphatic rings. The van der Waals surface area contributed by atoms with E-state index in [2.05, 4.69) is 17.6 Å². The van der Waals surface area contributed by atoms with Gasteiger partial charge in [-0.2, -0.15) is 0 Å². The highest BCUT2D eigenvalue weighted by Crippen LogP contribution is 2.14. The molecule has 0 heterocycles. The number of thiocarbonyl (C=S) groups is 1. The Morgan fingerprint density at radius 2 is 1.72 bits per heavy atom. The van der Waals surface area contributed by atoms with Crippen LogP contribution < -0.4 is 21.1 Å². The monoisotopic (exact) mass is 413 g/mol. The standard InChI is InChI=1S/C22H27N3O3S/c1-2-3-4-5-6-14-28-19-12-10-16(11-13-19)21(27)25-22(29)24-18-9-7-8-17(15-18)20(23)26/h7-13,15H,2-6,14H2,1H3,(H2,23,26)(H2,24,25,27,29). The summed E-state index contributed by atoms with van der Waals surface area (Å²) in [7, 11) is 0. The summed E-state index contributed by atoms with van der Waals surface area (Å²) >= 11 is 5.16. The molecule has 0 atom stereocenters. The van der Waals surface area contributed by atoms with Gasteiger partial charge >= 0.3 is 0 Å². The Morgan fingerprint density at radius 1 is 1.00 bits per heavy atom. The molecule has 4 N–H and O–H groups in total. The molecule has 2 aromatic carbocycles. The number of amides is 2. The SMILES string of the molecule is CCCCCCCOc1ccc(C(=O)NC(=S)Nc2cccc(C(N)=O)c2)cc1. The fourth-order valence-electron chi connectivity index (χ4n) is 2.69. The molecule has 0 saturated heterocycles. The summed E-state index contributed by atoms with van der Waals surface area (Å²) < 4.78 is 5.70. The summed E-state index contributed by atoms with van der Waals surface area (Å²) in [6, 6.07) is 13.5. The number of ether oxygens (including phenoxy) is 1. The Bertz CT molecular complexity index is 837. The van der Waals surface area contributed by atoms with Crippen molar-refractivity contribution in [1.29, 1.82) is 0 Å². The van der Waals surface area contributed by atoms with E-state index in [1.165, 1.54) is 25.7 Å². The predicted molar refractivity (Wildman–Crippen MR) is 119 cm³/mol. The van der Waals surface area contributed by atoms with E-state index in [4.69, 9.17) is 22.7 Å². The molecular formula is C22H27N3O3S. The number of carbonyl (C=O) groups is 2. The van der Waals surface area contributed by atoms with E-state index in [1.807, 2.05) is 0 Å². The van der Waals surface area contributed by atoms with Crippen LogP contribution in [0.3, 0.4) is 0 Å². The van der Waals surface area contributed by atoms with Crippen molar-refractivity contribution in [3.63, 3.8) is 0 Å². The summed E-state index contributed by atoms with van der Waals surface area (Å²) in [5.41, 5.74) is 6.64. The molecule has 154 valence electrons. The second kappa shape index (κ2) is 11.8. The van der Waals surface area contributed by atoms with Crippen molar-refractivity contribution < 1.29 is 14.3 Å². The van der Waals surface area contributed by atoms with Crippen molar-refractivity contribution in [2.75, 3.05) is 11.9 Å². The first-order valence-electron chi connectivity index (χ1n) is 9.74. The van der Waals surface area contributed by atoms with Crippen LogP contribution in [-0.4, -0.2) is 23.5 Å². The third-order valence-corrected chi connectivity index (χ3v) is 4.47. The van der Waals surface area contributed by atoms with Gasteiger partial charge in [-0.15, -0.1) is 0 Å². The first kappa shape index (κ1) is 22.4. The van der Waals surface area contributed by atoms with E-state index in [-0.39, 0.29) is 11.0 Å². The van der Waals surface area contributed by atoms with Crippen molar-refractivity contribution in [3.8, 4) is 5.75 Å². The molecule has 2 rings (SSSR count). The molecule has 0 spiro atoms. The molecule has 2 amide bonds. The Kier molecular flexibility index (Phi) is 9.11. The maximum Gasteiger partial charge on any atom is 0.257 e. The van der Waals surface area contributed by atoms with Gasteiger partial charge < -0.3 is 15.8 Å². The minimum atomic E-state index is -0.535. The number of benzene rings is 2. The molecule has 0 aliphatic carbocycles. The topological polar surface area (TPSA) is 93.4 Å². The van der Waals surface area contributed by atoms with Gasteiger partial charge in [0.05, 0.1) is 6.61 Å². The van der Waals surface area contributed by atoms with E-state index in [0.717, 1.165) is 12.2 Å². The second-order valence-electron chi connectivity index (χ2n) is 6.64. The Balaban J connectivity index is 1.80. The van der Waals surface area contributed by atoms with Crippen LogP contribution in [0.25, 0.3) is 0 Å². The van der Waals surface area contributed by atoms with E-state index in [9.17, 15) is 9.59 Å². The fraction of sp³-hybridized carbons (Fsp3) is 0.318. The van der Waals surface area contributed by atoms with E-state index in [1.54, 1.807) is 48.5 Å². The fourth-order valence-corrected chi connectivity index (χ4v) is 2.90. The summed E-state index contributed by atoms with van der Waals surface area (Å²) in [6.45, 7) is 2.87. The number of anilines is 1. The maximum atomic E-state index is 12.3. The number of nitrogens with one attached hydrogen (secondary N) is 2. The summed E-state index contributed by atoms with van der Waals surface area (Å²) in [5.74, 6) is -0.132. The van der Waals surface area contributed by atoms with Crippen molar-refractivity contribution in [2.24, 2.45) is 5.73 Å². The number of carbonyl (C=O) groups excluding carboxylic acids is 2. The number of nitrogens with two attached hydrogens (primary N) is 1. The van der Waals surface area contributed by atoms with Gasteiger partial charge in [0.1, 0.15) is 5.75 Å². The zero-order chi connectivity index (χ0) is 21.1. The lowest BCUT2D eigenvalue weighted by molar-refractivity contribution is 0.0974. The van der Waals surface area contributed by atoms with Crippen molar-refractivity contribution in [2.45, 2.75) is 39.0 Å². The quantitative estimate of drug-likeness (QED) is 0.400. The summed E-state index contributed by atoms with van der Waals surface area (Å²) in [5, 5.41) is 5.60. The van der Waals surface area contributed by atoms with Crippen molar-refractivity contribution in [1.82, 2.24) is 5.32 Å². The van der Waals surface area contributed by atoms with Crippen LogP contribution in [0.5, 0.6) is 5.75 Å². The molecule has 0 saturated carbocycles. The first-order valence-corrected chi connectivity index (χ1v) is 10.2. The lowest BCUT2D eigenvalue weighted by atomic mass is 10.2. The zero-order valence-electron chi connectivity index (χ0n) is 16.6. The van der Waals surface area contributed by atoms with Gasteiger partial charge in [0.2, 0.25) is 5.91 Å². The van der Waals surface area contributed by atoms with Crippen LogP contribution >= 0.6 is 12.2 Å². The van der Waals surface area contributed by atoms with Crippen LogP contribution in [0, 0.1) is 0 Å². The summed E-state index contributed by atoms with van der Waals surface area (Å²) in [4.78, 5) is 23.6. The van der Waals surface area contributed by atoms with E-state index < -0.39 is 5.91 Å². The lowest BCUT2D eigenvalue weighted by Gasteiger charge is -2.11. The molecule has 0 aromatic heterocycles. The first-order chi connectivity index (χ1) is 14.0. The van der Waals surface area contributed by atoms with Crippen LogP contribution in [-0.2, 0) is 0 Å². The van der Waals surface area contributed by atoms with Crippen LogP contribution in [0.2, 0.25) is 0 Å². The highest BCUT2D eigenvalue weighted by Gasteiger charge is 2.09. The Labute approximate surface area is 176 Å². The van der Waals surface area contributed by atoms with Crippen LogP contribution in [0.15, 0.2) is 48.5 Å². The number of hydrogen-bond donors (Lipinski definition) is 3. The molecule has 6 nitrogen and oxygen atoms in total. The molecule has 29 heavy (non-hydrogen) atoms. The molecule has 2 aromatic rings. The molecule has 7 heteroatoms. The molecule has 0 radical (unpaired) electrons. The maximum absolute atomic E-state index is 12.3. The van der Waals surface area contributed by atoms with Gasteiger partial charge in [-0.3, -0.25) is 14.9 Å². The molecule has 0 bridgehead atoms. The minimum Gasteiger partial charge on any atom is -0.494 e. The second-order valence-corrected chi connectivity index (χ2v) is 7.05. The lowest BCUT2D eigenvalue weighted by Crippen LogP contribution is -2.34. The van der Waals surface area contributed by atoms with Gasteiger partial charge in [-0.05, 0) is 61.1 Å². The largest absolute Gasteiger partial charge is 0.494 e. The van der Waals surface area contributed by atoms with Gasteiger partial charge in [0.15, 0.2) is 5.11 Å². The normalized spacial score (nSPS) is 10.2. The molecule has 0 aliphatic heterocycles. The number of primary amides is 1. The van der Waals surface area contributed by atoms with Gasteiger partial charge in [0, 0.05) is 16.8 Å². The summed E-state index contributed by atoms with van der Waals surface area (Å²) in [6.07, 6.45) is 5.92. The number of unbranched alkanes of at least 4 members (excludes halogenated alkanes) is 4. The number of hydrogen-bond acceptors (Lipinski definition) is 4. The molecule has 0 fully saturated rings. The Hall–Kier alpha value is -2.93. The molecule has 0 unspecified atom stereocenters. The van der Waals surface area contributed by atoms with Crippen molar-refractivity contribution in [3.05, 3.63) is 59.7 Å². The average molecular weight is 414 g/mol. The van der Waals surface area contributed by atoms with Gasteiger partial charge in [-0.1, -0.05) is 38.7 Å². The highest BCUT2D eigenvalue weighted by atomic mass is 32.1. The minimum absolute atomic E-state index is 0.129. The average Bonchev–Trinajstić information content (AvgIpc) is 2.71. The smallest absolute Gasteiger partial charge is 0.257 e.